The molecular weight excluding hydrogens is 339 g/mol. The summed E-state index contributed by atoms with van der Waals surface area (Å²) in [7, 11) is 0. The highest BCUT2D eigenvalue weighted by atomic mass is 19.4. The van der Waals surface area contributed by atoms with Crippen molar-refractivity contribution in [1.82, 2.24) is 10.1 Å². The van der Waals surface area contributed by atoms with Crippen LogP contribution in [0.4, 0.5) is 18.9 Å². The minimum Gasteiger partial charge on any atom is -0.339 e. The van der Waals surface area contributed by atoms with Crippen molar-refractivity contribution >= 4 is 5.69 Å². The summed E-state index contributed by atoms with van der Waals surface area (Å²) in [5, 5.41) is 14.5. The van der Waals surface area contributed by atoms with Crippen LogP contribution in [0, 0.1) is 10.1 Å². The number of hydrogen-bond donors (Lipinski definition) is 0. The van der Waals surface area contributed by atoms with Crippen molar-refractivity contribution in [2.24, 2.45) is 0 Å². The van der Waals surface area contributed by atoms with Crippen LogP contribution in [0.25, 0.3) is 11.4 Å². The highest BCUT2D eigenvalue weighted by Crippen LogP contribution is 2.34. The van der Waals surface area contributed by atoms with Crippen LogP contribution in [-0.2, 0) is 12.6 Å². The second kappa shape index (κ2) is 6.34. The minimum atomic E-state index is -4.72. The number of nitrogens with zero attached hydrogens (tertiary/aromatic N) is 3. The van der Waals surface area contributed by atoms with E-state index in [-0.39, 0.29) is 17.3 Å². The van der Waals surface area contributed by atoms with Crippen LogP contribution in [0.5, 0.6) is 0 Å². The molecule has 128 valence electrons. The fourth-order valence-electron chi connectivity index (χ4n) is 2.22. The maximum absolute atomic E-state index is 12.9. The summed E-state index contributed by atoms with van der Waals surface area (Å²) >= 11 is 0. The van der Waals surface area contributed by atoms with Gasteiger partial charge in [0.25, 0.3) is 5.69 Å². The zero-order valence-corrected chi connectivity index (χ0v) is 12.5. The van der Waals surface area contributed by atoms with Gasteiger partial charge in [0.15, 0.2) is 0 Å². The molecule has 0 aliphatic heterocycles. The summed E-state index contributed by atoms with van der Waals surface area (Å²) in [6.07, 6.45) is -4.42. The predicted molar refractivity (Wildman–Crippen MR) is 80.6 cm³/mol. The highest BCUT2D eigenvalue weighted by Gasteiger charge is 2.33. The Labute approximate surface area is 139 Å². The molecule has 0 bridgehead atoms. The molecule has 0 spiro atoms. The van der Waals surface area contributed by atoms with Gasteiger partial charge in [-0.05, 0) is 11.6 Å². The molecule has 0 fully saturated rings. The van der Waals surface area contributed by atoms with Gasteiger partial charge in [0.2, 0.25) is 11.7 Å². The van der Waals surface area contributed by atoms with Gasteiger partial charge in [0.05, 0.1) is 16.9 Å². The summed E-state index contributed by atoms with van der Waals surface area (Å²) < 4.78 is 43.8. The van der Waals surface area contributed by atoms with Crippen LogP contribution in [-0.4, -0.2) is 15.1 Å². The number of aromatic nitrogens is 2. The summed E-state index contributed by atoms with van der Waals surface area (Å²) in [5.74, 6) is 0.0568. The molecule has 0 N–H and O–H groups in total. The number of non-ortho nitro benzene ring substituents is 1. The first-order valence-corrected chi connectivity index (χ1v) is 7.06. The zero-order valence-electron chi connectivity index (χ0n) is 12.5. The van der Waals surface area contributed by atoms with E-state index in [0.717, 1.165) is 17.7 Å². The van der Waals surface area contributed by atoms with E-state index in [1.54, 1.807) is 0 Å². The van der Waals surface area contributed by atoms with Gasteiger partial charge in [-0.1, -0.05) is 35.5 Å². The van der Waals surface area contributed by atoms with E-state index in [4.69, 9.17) is 4.52 Å². The summed E-state index contributed by atoms with van der Waals surface area (Å²) in [6.45, 7) is 0. The molecule has 0 amide bonds. The largest absolute Gasteiger partial charge is 0.416 e. The molecule has 6 nitrogen and oxygen atoms in total. The molecule has 0 atom stereocenters. The van der Waals surface area contributed by atoms with Crippen molar-refractivity contribution in [3.05, 3.63) is 75.7 Å². The first kappa shape index (κ1) is 16.6. The van der Waals surface area contributed by atoms with Crippen LogP contribution in [0.3, 0.4) is 0 Å². The predicted octanol–water partition coefficient (Wildman–Crippen LogP) is 4.25. The van der Waals surface area contributed by atoms with E-state index in [0.29, 0.717) is 12.5 Å². The Morgan fingerprint density at radius 1 is 1.12 bits per heavy atom. The Morgan fingerprint density at radius 2 is 1.84 bits per heavy atom. The highest BCUT2D eigenvalue weighted by molar-refractivity contribution is 5.61. The fourth-order valence-corrected chi connectivity index (χ4v) is 2.22. The van der Waals surface area contributed by atoms with E-state index in [2.05, 4.69) is 10.1 Å². The summed E-state index contributed by atoms with van der Waals surface area (Å²) in [6, 6.07) is 11.3. The number of hydrogen-bond acceptors (Lipinski definition) is 5. The average Bonchev–Trinajstić information content (AvgIpc) is 3.03. The monoisotopic (exact) mass is 349 g/mol. The molecule has 0 unspecified atom stereocenters. The SMILES string of the molecule is O=[N+]([O-])c1cc(-c2noc(Cc3ccccc3)n2)cc(C(F)(F)F)c1. The van der Waals surface area contributed by atoms with Gasteiger partial charge in [0, 0.05) is 17.7 Å². The van der Waals surface area contributed by atoms with Crippen LogP contribution in [0.1, 0.15) is 17.0 Å². The first-order valence-electron chi connectivity index (χ1n) is 7.06. The quantitative estimate of drug-likeness (QED) is 0.519. The van der Waals surface area contributed by atoms with E-state index in [1.165, 1.54) is 0 Å². The van der Waals surface area contributed by atoms with Crippen molar-refractivity contribution in [2.45, 2.75) is 12.6 Å². The second-order valence-corrected chi connectivity index (χ2v) is 5.20. The molecule has 25 heavy (non-hydrogen) atoms. The summed E-state index contributed by atoms with van der Waals surface area (Å²) in [5.41, 5.74) is -1.09. The molecule has 1 aromatic heterocycles. The molecule has 0 aliphatic carbocycles. The lowest BCUT2D eigenvalue weighted by molar-refractivity contribution is -0.385. The maximum Gasteiger partial charge on any atom is 0.416 e. The Kier molecular flexibility index (Phi) is 4.22. The van der Waals surface area contributed by atoms with E-state index < -0.39 is 22.4 Å². The third-order valence-corrected chi connectivity index (χ3v) is 3.38. The lowest BCUT2D eigenvalue weighted by atomic mass is 10.1. The molecule has 3 rings (SSSR count). The molecule has 0 saturated carbocycles. The molecule has 0 aliphatic rings. The number of nitro benzene ring substituents is 1. The fraction of sp³-hybridized carbons (Fsp3) is 0.125. The second-order valence-electron chi connectivity index (χ2n) is 5.20. The van der Waals surface area contributed by atoms with Gasteiger partial charge in [0.1, 0.15) is 0 Å². The number of benzene rings is 2. The van der Waals surface area contributed by atoms with Gasteiger partial charge in [-0.2, -0.15) is 18.2 Å². The summed E-state index contributed by atoms with van der Waals surface area (Å²) in [4.78, 5) is 14.0. The zero-order chi connectivity index (χ0) is 18.0. The Morgan fingerprint density at radius 3 is 2.48 bits per heavy atom. The van der Waals surface area contributed by atoms with Crippen LogP contribution < -0.4 is 0 Å². The van der Waals surface area contributed by atoms with Gasteiger partial charge >= 0.3 is 6.18 Å². The van der Waals surface area contributed by atoms with Crippen molar-refractivity contribution in [1.29, 1.82) is 0 Å². The van der Waals surface area contributed by atoms with E-state index in [1.807, 2.05) is 30.3 Å². The molecule has 0 saturated heterocycles. The van der Waals surface area contributed by atoms with Crippen molar-refractivity contribution in [3.63, 3.8) is 0 Å². The van der Waals surface area contributed by atoms with E-state index in [9.17, 15) is 23.3 Å². The van der Waals surface area contributed by atoms with Crippen molar-refractivity contribution in [2.75, 3.05) is 0 Å². The molecule has 1 heterocycles. The number of nitro groups is 1. The Balaban J connectivity index is 1.96. The van der Waals surface area contributed by atoms with Crippen molar-refractivity contribution < 1.29 is 22.6 Å². The van der Waals surface area contributed by atoms with Gasteiger partial charge in [-0.3, -0.25) is 10.1 Å². The molecule has 3 aromatic rings. The number of alkyl halides is 3. The number of halogens is 3. The standard InChI is InChI=1S/C16H10F3N3O3/c17-16(18,19)12-7-11(8-13(9-12)22(23)24)15-20-14(25-21-15)6-10-4-2-1-3-5-10/h1-5,7-9H,6H2. The van der Waals surface area contributed by atoms with E-state index >= 15 is 0 Å². The van der Waals surface area contributed by atoms with Crippen LogP contribution in [0.2, 0.25) is 0 Å². The minimum absolute atomic E-state index is 0.135. The lowest BCUT2D eigenvalue weighted by Gasteiger charge is -2.07. The normalized spacial score (nSPS) is 11.5. The van der Waals surface area contributed by atoms with Crippen LogP contribution in [0.15, 0.2) is 53.1 Å². The maximum atomic E-state index is 12.9. The average molecular weight is 349 g/mol. The topological polar surface area (TPSA) is 82.1 Å². The molecule has 9 heteroatoms. The van der Waals surface area contributed by atoms with Gasteiger partial charge < -0.3 is 4.52 Å². The lowest BCUT2D eigenvalue weighted by Crippen LogP contribution is -2.06. The smallest absolute Gasteiger partial charge is 0.339 e. The Bertz CT molecular complexity index is 908. The third kappa shape index (κ3) is 3.82. The first-order chi connectivity index (χ1) is 11.8. The molecule has 0 radical (unpaired) electrons. The van der Waals surface area contributed by atoms with Gasteiger partial charge in [-0.25, -0.2) is 0 Å². The number of rotatable bonds is 4. The third-order valence-electron chi connectivity index (χ3n) is 3.38. The molecular formula is C16H10F3N3O3. The molecule has 2 aromatic carbocycles. The van der Waals surface area contributed by atoms with Crippen molar-refractivity contribution in [3.8, 4) is 11.4 Å². The van der Waals surface area contributed by atoms with Crippen LogP contribution >= 0.6 is 0 Å². The Hall–Kier alpha value is -3.23. The van der Waals surface area contributed by atoms with Gasteiger partial charge in [-0.15, -0.1) is 0 Å².